The molecule has 5 rings (SSSR count). The van der Waals surface area contributed by atoms with Gasteiger partial charge in [-0.15, -0.1) is 0 Å². The van der Waals surface area contributed by atoms with Crippen LogP contribution in [0.2, 0.25) is 0 Å². The van der Waals surface area contributed by atoms with E-state index in [-0.39, 0.29) is 12.0 Å². The first-order valence-electron chi connectivity index (χ1n) is 12.8. The summed E-state index contributed by atoms with van der Waals surface area (Å²) in [5.74, 6) is 0.0803. The molecule has 1 N–H and O–H groups in total. The molecule has 1 atom stereocenters. The van der Waals surface area contributed by atoms with Gasteiger partial charge in [-0.25, -0.2) is 13.1 Å². The molecule has 1 amide bonds. The van der Waals surface area contributed by atoms with Crippen molar-refractivity contribution in [3.05, 3.63) is 53.1 Å². The van der Waals surface area contributed by atoms with Gasteiger partial charge in [0, 0.05) is 30.3 Å². The smallest absolute Gasteiger partial charge is 0.258 e. The summed E-state index contributed by atoms with van der Waals surface area (Å²) in [7, 11) is -3.85. The van der Waals surface area contributed by atoms with Crippen molar-refractivity contribution in [2.24, 2.45) is 0 Å². The van der Waals surface area contributed by atoms with Crippen LogP contribution in [0, 0.1) is 11.3 Å². The molecule has 1 saturated heterocycles. The first-order valence-corrected chi connectivity index (χ1v) is 14.4. The van der Waals surface area contributed by atoms with Gasteiger partial charge < -0.3 is 18.9 Å². The quantitative estimate of drug-likeness (QED) is 0.446. The third kappa shape index (κ3) is 5.95. The van der Waals surface area contributed by atoms with Crippen molar-refractivity contribution in [3.63, 3.8) is 0 Å². The first kappa shape index (κ1) is 26.8. The standard InChI is InChI=1S/C27H29N5O6S/c1-17(2)37-24-9-6-18(14-19(24)15-28)27-29-26(30-38-27)22-5-3-4-21-20(22)7-8-23(21)31-39(34,35)16-25(33)32-10-12-36-13-11-32/h3-6,9,14,17,23,31H,7-8,10-13,16H2,1-2H3/t23-/m0/s1. The number of sulfonamides is 1. The van der Waals surface area contributed by atoms with Crippen LogP contribution >= 0.6 is 0 Å². The number of nitrogens with one attached hydrogen (secondary N) is 1. The molecule has 0 unspecified atom stereocenters. The minimum absolute atomic E-state index is 0.0725. The van der Waals surface area contributed by atoms with Crippen LogP contribution in [0.4, 0.5) is 0 Å². The molecule has 12 heteroatoms. The van der Waals surface area contributed by atoms with Crippen LogP contribution in [0.25, 0.3) is 22.8 Å². The monoisotopic (exact) mass is 551 g/mol. The van der Waals surface area contributed by atoms with Gasteiger partial charge in [-0.1, -0.05) is 23.4 Å². The summed E-state index contributed by atoms with van der Waals surface area (Å²) in [5.41, 5.74) is 3.45. The molecule has 1 aliphatic heterocycles. The molecular formula is C27H29N5O6S. The van der Waals surface area contributed by atoms with Crippen molar-refractivity contribution >= 4 is 15.9 Å². The van der Waals surface area contributed by atoms with Gasteiger partial charge in [0.1, 0.15) is 17.6 Å². The van der Waals surface area contributed by atoms with Crippen LogP contribution in [0.3, 0.4) is 0 Å². The molecule has 1 aromatic heterocycles. The number of carbonyl (C=O) groups is 1. The van der Waals surface area contributed by atoms with Crippen LogP contribution < -0.4 is 9.46 Å². The summed E-state index contributed by atoms with van der Waals surface area (Å²) < 4.78 is 44.8. The number of rotatable bonds is 8. The lowest BCUT2D eigenvalue weighted by Crippen LogP contribution is -2.45. The maximum atomic E-state index is 12.8. The van der Waals surface area contributed by atoms with E-state index in [4.69, 9.17) is 14.0 Å². The summed E-state index contributed by atoms with van der Waals surface area (Å²) in [6.07, 6.45) is 1.08. The Labute approximate surface area is 226 Å². The second kappa shape index (κ2) is 11.1. The Morgan fingerprint density at radius 1 is 1.26 bits per heavy atom. The van der Waals surface area contributed by atoms with E-state index in [1.165, 1.54) is 4.90 Å². The summed E-state index contributed by atoms with van der Waals surface area (Å²) in [4.78, 5) is 18.6. The van der Waals surface area contributed by atoms with Crippen LogP contribution in [0.5, 0.6) is 5.75 Å². The van der Waals surface area contributed by atoms with Crippen molar-refractivity contribution in [1.29, 1.82) is 5.26 Å². The van der Waals surface area contributed by atoms with E-state index in [1.807, 2.05) is 32.0 Å². The number of morpholine rings is 1. The molecule has 0 radical (unpaired) electrons. The number of carbonyl (C=O) groups excluding carboxylic acids is 1. The zero-order valence-electron chi connectivity index (χ0n) is 21.7. The molecule has 2 aliphatic rings. The molecule has 0 bridgehead atoms. The van der Waals surface area contributed by atoms with Gasteiger partial charge in [0.2, 0.25) is 21.8 Å². The van der Waals surface area contributed by atoms with E-state index in [0.29, 0.717) is 61.8 Å². The predicted octanol–water partition coefficient (Wildman–Crippen LogP) is 2.83. The fourth-order valence-electron chi connectivity index (χ4n) is 4.87. The highest BCUT2D eigenvalue weighted by molar-refractivity contribution is 7.90. The molecule has 2 heterocycles. The van der Waals surface area contributed by atoms with Gasteiger partial charge in [-0.3, -0.25) is 4.79 Å². The zero-order valence-corrected chi connectivity index (χ0v) is 22.5. The molecular weight excluding hydrogens is 522 g/mol. The second-order valence-corrected chi connectivity index (χ2v) is 11.5. The lowest BCUT2D eigenvalue weighted by Gasteiger charge is -2.27. The topological polar surface area (TPSA) is 148 Å². The Bertz CT molecular complexity index is 1520. The third-order valence-electron chi connectivity index (χ3n) is 6.65. The van der Waals surface area contributed by atoms with E-state index in [1.54, 1.807) is 18.2 Å². The summed E-state index contributed by atoms with van der Waals surface area (Å²) in [5, 5.41) is 13.7. The second-order valence-electron chi connectivity index (χ2n) is 9.75. The molecule has 1 fully saturated rings. The number of nitrogens with zero attached hydrogens (tertiary/aromatic N) is 4. The Hall–Kier alpha value is -3.79. The third-order valence-corrected chi connectivity index (χ3v) is 7.92. The first-order chi connectivity index (χ1) is 18.7. The molecule has 1 aliphatic carbocycles. The minimum atomic E-state index is -3.85. The van der Waals surface area contributed by atoms with Crippen LogP contribution in [-0.2, 0) is 26.0 Å². The molecule has 0 spiro atoms. The summed E-state index contributed by atoms with van der Waals surface area (Å²) >= 11 is 0. The lowest BCUT2D eigenvalue weighted by molar-refractivity contribution is -0.132. The van der Waals surface area contributed by atoms with Gasteiger partial charge in [0.15, 0.2) is 0 Å². The number of benzene rings is 2. The highest BCUT2D eigenvalue weighted by Crippen LogP contribution is 2.38. The lowest BCUT2D eigenvalue weighted by atomic mass is 10.0. The number of amides is 1. The highest BCUT2D eigenvalue weighted by atomic mass is 32.2. The largest absolute Gasteiger partial charge is 0.490 e. The van der Waals surface area contributed by atoms with Gasteiger partial charge in [0.25, 0.3) is 5.89 Å². The Morgan fingerprint density at radius 2 is 2.05 bits per heavy atom. The fourth-order valence-corrected chi connectivity index (χ4v) is 6.14. The van der Waals surface area contributed by atoms with Gasteiger partial charge in [-0.2, -0.15) is 10.2 Å². The highest BCUT2D eigenvalue weighted by Gasteiger charge is 2.31. The molecule has 39 heavy (non-hydrogen) atoms. The Balaban J connectivity index is 1.33. The number of fused-ring (bicyclic) bond motifs is 1. The van der Waals surface area contributed by atoms with Gasteiger partial charge in [-0.05, 0) is 56.0 Å². The molecule has 0 saturated carbocycles. The maximum Gasteiger partial charge on any atom is 0.258 e. The van der Waals surface area contributed by atoms with E-state index in [0.717, 1.165) is 16.7 Å². The normalized spacial score (nSPS) is 17.2. The van der Waals surface area contributed by atoms with Crippen LogP contribution in [0.1, 0.15) is 43.0 Å². The van der Waals surface area contributed by atoms with Crippen molar-refractivity contribution in [1.82, 2.24) is 19.8 Å². The number of aromatic nitrogens is 2. The molecule has 204 valence electrons. The number of hydrogen-bond donors (Lipinski definition) is 1. The Morgan fingerprint density at radius 3 is 2.79 bits per heavy atom. The molecule has 2 aromatic carbocycles. The average Bonchev–Trinajstić information content (AvgIpc) is 3.56. The summed E-state index contributed by atoms with van der Waals surface area (Å²) in [6, 6.07) is 12.4. The van der Waals surface area contributed by atoms with Crippen molar-refractivity contribution < 1.29 is 27.2 Å². The molecule has 11 nitrogen and oxygen atoms in total. The average molecular weight is 552 g/mol. The SMILES string of the molecule is CC(C)Oc1ccc(-c2nc(-c3cccc4c3CC[C@@H]4NS(=O)(=O)CC(=O)N3CCOCC3)no2)cc1C#N. The van der Waals surface area contributed by atoms with E-state index >= 15 is 0 Å². The molecule has 3 aromatic rings. The van der Waals surface area contributed by atoms with Gasteiger partial charge in [0.05, 0.1) is 24.9 Å². The zero-order chi connectivity index (χ0) is 27.6. The van der Waals surface area contributed by atoms with Gasteiger partial charge >= 0.3 is 0 Å². The predicted molar refractivity (Wildman–Crippen MR) is 141 cm³/mol. The number of nitriles is 1. The van der Waals surface area contributed by atoms with Crippen LogP contribution in [-0.4, -0.2) is 67.5 Å². The van der Waals surface area contributed by atoms with Crippen molar-refractivity contribution in [2.75, 3.05) is 32.1 Å². The summed E-state index contributed by atoms with van der Waals surface area (Å²) in [6.45, 7) is 5.38. The van der Waals surface area contributed by atoms with Crippen LogP contribution in [0.15, 0.2) is 40.9 Å². The maximum absolute atomic E-state index is 12.8. The number of hydrogen-bond acceptors (Lipinski definition) is 9. The van der Waals surface area contributed by atoms with E-state index in [9.17, 15) is 18.5 Å². The minimum Gasteiger partial charge on any atom is -0.490 e. The fraction of sp³-hybridized carbons (Fsp3) is 0.407. The number of ether oxygens (including phenoxy) is 2. The van der Waals surface area contributed by atoms with Crippen molar-refractivity contribution in [3.8, 4) is 34.7 Å². The Kier molecular flexibility index (Phi) is 7.65. The van der Waals surface area contributed by atoms with E-state index < -0.39 is 27.7 Å². The van der Waals surface area contributed by atoms with Crippen molar-refractivity contribution in [2.45, 2.75) is 38.8 Å². The van der Waals surface area contributed by atoms with E-state index in [2.05, 4.69) is 20.9 Å².